The van der Waals surface area contributed by atoms with Crippen molar-refractivity contribution in [3.05, 3.63) is 65.0 Å². The summed E-state index contributed by atoms with van der Waals surface area (Å²) in [6, 6.07) is 11.5. The molecular weight excluding hydrogens is 255 g/mol. The number of halogens is 1. The largest absolute Gasteiger partial charge is 0.398 e. The molecule has 20 heavy (non-hydrogen) atoms. The fourth-order valence-corrected chi connectivity index (χ4v) is 1.95. The van der Waals surface area contributed by atoms with Gasteiger partial charge in [0.25, 0.3) is 5.91 Å². The number of nitrogens with one attached hydrogen (secondary N) is 1. The van der Waals surface area contributed by atoms with Gasteiger partial charge in [-0.25, -0.2) is 4.39 Å². The number of nitrogens with two attached hydrogens (primary N) is 1. The van der Waals surface area contributed by atoms with Crippen LogP contribution < -0.4 is 11.1 Å². The second kappa shape index (κ2) is 5.74. The van der Waals surface area contributed by atoms with E-state index in [4.69, 9.17) is 5.73 Å². The third-order valence-corrected chi connectivity index (χ3v) is 3.18. The van der Waals surface area contributed by atoms with Gasteiger partial charge in [-0.15, -0.1) is 0 Å². The predicted molar refractivity (Wildman–Crippen MR) is 77.9 cm³/mol. The van der Waals surface area contributed by atoms with Crippen LogP contribution in [0.1, 0.15) is 34.5 Å². The lowest BCUT2D eigenvalue weighted by Gasteiger charge is -2.15. The van der Waals surface area contributed by atoms with Gasteiger partial charge in [0.15, 0.2) is 0 Å². The molecule has 0 heterocycles. The second-order valence-electron chi connectivity index (χ2n) is 4.84. The smallest absolute Gasteiger partial charge is 0.253 e. The number of anilines is 1. The first-order valence-electron chi connectivity index (χ1n) is 6.40. The number of nitrogen functional groups attached to an aromatic ring is 1. The monoisotopic (exact) mass is 272 g/mol. The van der Waals surface area contributed by atoms with Gasteiger partial charge in [0, 0.05) is 5.69 Å². The SMILES string of the molecule is Cc1ccc([C@H](C)NC(=O)c2ccc(F)cc2N)cc1. The quantitative estimate of drug-likeness (QED) is 0.843. The number of hydrogen-bond donors (Lipinski definition) is 2. The average Bonchev–Trinajstić information content (AvgIpc) is 2.39. The zero-order valence-electron chi connectivity index (χ0n) is 11.5. The van der Waals surface area contributed by atoms with Gasteiger partial charge in [-0.05, 0) is 37.6 Å². The summed E-state index contributed by atoms with van der Waals surface area (Å²) in [6.07, 6.45) is 0. The lowest BCUT2D eigenvalue weighted by atomic mass is 10.1. The lowest BCUT2D eigenvalue weighted by molar-refractivity contribution is 0.0941. The molecule has 0 aliphatic rings. The highest BCUT2D eigenvalue weighted by atomic mass is 19.1. The Morgan fingerprint density at radius 3 is 2.45 bits per heavy atom. The molecule has 3 N–H and O–H groups in total. The maximum absolute atomic E-state index is 13.0. The van der Waals surface area contributed by atoms with Crippen LogP contribution in [0.4, 0.5) is 10.1 Å². The van der Waals surface area contributed by atoms with E-state index in [-0.39, 0.29) is 23.2 Å². The molecule has 1 amide bonds. The van der Waals surface area contributed by atoms with Gasteiger partial charge < -0.3 is 11.1 Å². The highest BCUT2D eigenvalue weighted by Crippen LogP contribution is 2.17. The number of carbonyl (C=O) groups excluding carboxylic acids is 1. The van der Waals surface area contributed by atoms with Crippen LogP contribution in [0.5, 0.6) is 0 Å². The molecule has 2 aromatic carbocycles. The van der Waals surface area contributed by atoms with Crippen LogP contribution >= 0.6 is 0 Å². The molecule has 1 atom stereocenters. The summed E-state index contributed by atoms with van der Waals surface area (Å²) in [4.78, 5) is 12.1. The number of benzene rings is 2. The van der Waals surface area contributed by atoms with E-state index in [9.17, 15) is 9.18 Å². The summed E-state index contributed by atoms with van der Waals surface area (Å²) in [5, 5.41) is 2.85. The first-order chi connectivity index (χ1) is 9.47. The van der Waals surface area contributed by atoms with Crippen molar-refractivity contribution < 1.29 is 9.18 Å². The van der Waals surface area contributed by atoms with Gasteiger partial charge in [0.1, 0.15) is 5.82 Å². The predicted octanol–water partition coefficient (Wildman–Crippen LogP) is 3.21. The molecule has 0 unspecified atom stereocenters. The fraction of sp³-hybridized carbons (Fsp3) is 0.188. The average molecular weight is 272 g/mol. The van der Waals surface area contributed by atoms with Crippen LogP contribution in [0.15, 0.2) is 42.5 Å². The van der Waals surface area contributed by atoms with Gasteiger partial charge in [-0.1, -0.05) is 29.8 Å². The number of rotatable bonds is 3. The van der Waals surface area contributed by atoms with Crippen molar-refractivity contribution in [1.82, 2.24) is 5.32 Å². The Morgan fingerprint density at radius 2 is 1.85 bits per heavy atom. The Balaban J connectivity index is 2.13. The lowest BCUT2D eigenvalue weighted by Crippen LogP contribution is -2.27. The zero-order chi connectivity index (χ0) is 14.7. The van der Waals surface area contributed by atoms with E-state index >= 15 is 0 Å². The highest BCUT2D eigenvalue weighted by Gasteiger charge is 2.14. The Bertz CT molecular complexity index is 623. The van der Waals surface area contributed by atoms with E-state index in [2.05, 4.69) is 5.32 Å². The minimum atomic E-state index is -0.453. The molecule has 0 aromatic heterocycles. The maximum atomic E-state index is 13.0. The van der Waals surface area contributed by atoms with Crippen molar-refractivity contribution >= 4 is 11.6 Å². The summed E-state index contributed by atoms with van der Waals surface area (Å²) >= 11 is 0. The van der Waals surface area contributed by atoms with Gasteiger partial charge in [-0.2, -0.15) is 0 Å². The van der Waals surface area contributed by atoms with Crippen molar-refractivity contribution in [2.24, 2.45) is 0 Å². The summed E-state index contributed by atoms with van der Waals surface area (Å²) in [5.74, 6) is -0.763. The van der Waals surface area contributed by atoms with E-state index in [0.717, 1.165) is 17.2 Å². The van der Waals surface area contributed by atoms with Crippen molar-refractivity contribution in [2.75, 3.05) is 5.73 Å². The second-order valence-corrected chi connectivity index (χ2v) is 4.84. The van der Waals surface area contributed by atoms with E-state index < -0.39 is 5.82 Å². The summed E-state index contributed by atoms with van der Waals surface area (Å²) in [5.41, 5.74) is 8.24. The fourth-order valence-electron chi connectivity index (χ4n) is 1.95. The number of amides is 1. The molecule has 0 aliphatic carbocycles. The standard InChI is InChI=1S/C16H17FN2O/c1-10-3-5-12(6-4-10)11(2)19-16(20)14-8-7-13(17)9-15(14)18/h3-9,11H,18H2,1-2H3,(H,19,20)/t11-/m0/s1. The van der Waals surface area contributed by atoms with E-state index in [1.54, 1.807) is 0 Å². The molecule has 0 saturated heterocycles. The van der Waals surface area contributed by atoms with Crippen LogP contribution in [0, 0.1) is 12.7 Å². The minimum Gasteiger partial charge on any atom is -0.398 e. The highest BCUT2D eigenvalue weighted by molar-refractivity contribution is 5.99. The van der Waals surface area contributed by atoms with E-state index in [0.29, 0.717) is 0 Å². The van der Waals surface area contributed by atoms with Gasteiger partial charge in [0.05, 0.1) is 11.6 Å². The first kappa shape index (κ1) is 14.1. The summed E-state index contributed by atoms with van der Waals surface area (Å²) in [7, 11) is 0. The van der Waals surface area contributed by atoms with Crippen LogP contribution in [0.3, 0.4) is 0 Å². The number of hydrogen-bond acceptors (Lipinski definition) is 2. The topological polar surface area (TPSA) is 55.1 Å². The Morgan fingerprint density at radius 1 is 1.20 bits per heavy atom. The molecule has 104 valence electrons. The third-order valence-electron chi connectivity index (χ3n) is 3.18. The van der Waals surface area contributed by atoms with Crippen LogP contribution in [-0.2, 0) is 0 Å². The molecule has 2 rings (SSSR count). The molecule has 0 fully saturated rings. The summed E-state index contributed by atoms with van der Waals surface area (Å²) in [6.45, 7) is 3.90. The van der Waals surface area contributed by atoms with E-state index in [1.807, 2.05) is 38.1 Å². The van der Waals surface area contributed by atoms with E-state index in [1.165, 1.54) is 12.1 Å². The van der Waals surface area contributed by atoms with Gasteiger partial charge >= 0.3 is 0 Å². The Hall–Kier alpha value is -2.36. The van der Waals surface area contributed by atoms with Crippen molar-refractivity contribution in [1.29, 1.82) is 0 Å². The molecular formula is C16H17FN2O. The Kier molecular flexibility index (Phi) is 4.03. The van der Waals surface area contributed by atoms with Crippen molar-refractivity contribution in [2.45, 2.75) is 19.9 Å². The molecule has 2 aromatic rings. The third kappa shape index (κ3) is 3.15. The van der Waals surface area contributed by atoms with Crippen molar-refractivity contribution in [3.63, 3.8) is 0 Å². The van der Waals surface area contributed by atoms with Crippen LogP contribution in [0.2, 0.25) is 0 Å². The zero-order valence-corrected chi connectivity index (χ0v) is 11.5. The van der Waals surface area contributed by atoms with Gasteiger partial charge in [0.2, 0.25) is 0 Å². The molecule has 4 heteroatoms. The summed E-state index contributed by atoms with van der Waals surface area (Å²) < 4.78 is 13.0. The molecule has 0 bridgehead atoms. The van der Waals surface area contributed by atoms with Crippen LogP contribution in [0.25, 0.3) is 0 Å². The molecule has 0 radical (unpaired) electrons. The normalized spacial score (nSPS) is 11.9. The number of aryl methyl sites for hydroxylation is 1. The molecule has 0 spiro atoms. The number of carbonyl (C=O) groups is 1. The van der Waals surface area contributed by atoms with Gasteiger partial charge in [-0.3, -0.25) is 4.79 Å². The first-order valence-corrected chi connectivity index (χ1v) is 6.40. The van der Waals surface area contributed by atoms with Crippen molar-refractivity contribution in [3.8, 4) is 0 Å². The van der Waals surface area contributed by atoms with Crippen LogP contribution in [-0.4, -0.2) is 5.91 Å². The molecule has 3 nitrogen and oxygen atoms in total. The minimum absolute atomic E-state index is 0.138. The Labute approximate surface area is 117 Å². The molecule has 0 saturated carbocycles. The molecule has 0 aliphatic heterocycles. The maximum Gasteiger partial charge on any atom is 0.253 e.